The fourth-order valence-corrected chi connectivity index (χ4v) is 8.20. The van der Waals surface area contributed by atoms with Crippen molar-refractivity contribution in [2.75, 3.05) is 4.90 Å². The Morgan fingerprint density at radius 3 is 1.77 bits per heavy atom. The predicted molar refractivity (Wildman–Crippen MR) is 233 cm³/mol. The smallest absolute Gasteiger partial charge is 0.135 e. The van der Waals surface area contributed by atoms with Gasteiger partial charge < -0.3 is 9.32 Å². The Bertz CT molecular complexity index is 3250. The van der Waals surface area contributed by atoms with Crippen molar-refractivity contribution in [1.82, 2.24) is 9.97 Å². The molecule has 0 aliphatic rings. The first-order valence-corrected chi connectivity index (χ1v) is 18.9. The second kappa shape index (κ2) is 13.1. The fraction of sp³-hybridized carbons (Fsp3) is 0. The molecule has 0 amide bonds. The molecule has 0 aliphatic heterocycles. The SMILES string of the molecule is c1ccc(-c2ccccc2N(c2ccc3c(ccc4ccc5nc(-c6ccccc6)c(-c6ccccc6)nc5c43)c2)c2ccc3oc4ccccc4c3c2)cc1. The number of nitrogens with zero attached hydrogens (tertiary/aromatic N) is 3. The van der Waals surface area contributed by atoms with Gasteiger partial charge in [-0.1, -0.05) is 152 Å². The zero-order chi connectivity index (χ0) is 37.0. The number of anilines is 3. The molecule has 0 N–H and O–H groups in total. The molecule has 0 unspecified atom stereocenters. The van der Waals surface area contributed by atoms with Crippen molar-refractivity contribution in [2.45, 2.75) is 0 Å². The molecule has 0 saturated carbocycles. The topological polar surface area (TPSA) is 42.2 Å². The number of rotatable bonds is 6. The molecule has 56 heavy (non-hydrogen) atoms. The molecular formula is C52H33N3O. The summed E-state index contributed by atoms with van der Waals surface area (Å²) in [4.78, 5) is 13.1. The van der Waals surface area contributed by atoms with Crippen molar-refractivity contribution < 1.29 is 4.42 Å². The molecule has 11 aromatic rings. The minimum atomic E-state index is 0.867. The van der Waals surface area contributed by atoms with E-state index in [2.05, 4.69) is 181 Å². The lowest BCUT2D eigenvalue weighted by Gasteiger charge is -2.28. The maximum absolute atomic E-state index is 6.26. The molecule has 0 saturated heterocycles. The highest BCUT2D eigenvalue weighted by atomic mass is 16.3. The molecule has 11 rings (SSSR count). The molecule has 2 aromatic heterocycles. The van der Waals surface area contributed by atoms with Crippen molar-refractivity contribution in [3.63, 3.8) is 0 Å². The van der Waals surface area contributed by atoms with Crippen molar-refractivity contribution >= 4 is 71.6 Å². The van der Waals surface area contributed by atoms with Gasteiger partial charge in [0.2, 0.25) is 0 Å². The molecule has 262 valence electrons. The van der Waals surface area contributed by atoms with Crippen LogP contribution in [0.3, 0.4) is 0 Å². The Balaban J connectivity index is 1.15. The molecule has 0 radical (unpaired) electrons. The summed E-state index contributed by atoms with van der Waals surface area (Å²) in [6.45, 7) is 0. The average molecular weight is 716 g/mol. The van der Waals surface area contributed by atoms with Crippen molar-refractivity contribution in [3.05, 3.63) is 200 Å². The maximum Gasteiger partial charge on any atom is 0.135 e. The van der Waals surface area contributed by atoms with Crippen LogP contribution in [0.4, 0.5) is 17.1 Å². The quantitative estimate of drug-likeness (QED) is 0.161. The second-order valence-electron chi connectivity index (χ2n) is 14.2. The molecule has 0 spiro atoms. The van der Waals surface area contributed by atoms with Crippen molar-refractivity contribution in [2.24, 2.45) is 0 Å². The van der Waals surface area contributed by atoms with E-state index in [0.29, 0.717) is 0 Å². The third-order valence-corrected chi connectivity index (χ3v) is 10.8. The van der Waals surface area contributed by atoms with Gasteiger partial charge in [0.1, 0.15) is 11.2 Å². The summed E-state index contributed by atoms with van der Waals surface area (Å²) in [5.74, 6) is 0. The Labute approximate surface area is 323 Å². The van der Waals surface area contributed by atoms with Gasteiger partial charge in [-0.3, -0.25) is 0 Å². The minimum Gasteiger partial charge on any atom is -0.456 e. The molecule has 2 heterocycles. The van der Waals surface area contributed by atoms with Gasteiger partial charge in [-0.15, -0.1) is 0 Å². The molecule has 9 aromatic carbocycles. The van der Waals surface area contributed by atoms with Crippen LogP contribution in [-0.4, -0.2) is 9.97 Å². The third kappa shape index (κ3) is 5.31. The van der Waals surface area contributed by atoms with Gasteiger partial charge in [-0.25, -0.2) is 9.97 Å². The van der Waals surface area contributed by atoms with E-state index in [-0.39, 0.29) is 0 Å². The normalized spacial score (nSPS) is 11.6. The lowest BCUT2D eigenvalue weighted by molar-refractivity contribution is 0.669. The Morgan fingerprint density at radius 2 is 0.982 bits per heavy atom. The zero-order valence-electron chi connectivity index (χ0n) is 30.3. The summed E-state index contributed by atoms with van der Waals surface area (Å²) in [5, 5.41) is 6.66. The summed E-state index contributed by atoms with van der Waals surface area (Å²) in [6, 6.07) is 70.3. The summed E-state index contributed by atoms with van der Waals surface area (Å²) in [5.41, 5.74) is 12.8. The van der Waals surface area contributed by atoms with Crippen molar-refractivity contribution in [3.8, 4) is 33.6 Å². The van der Waals surface area contributed by atoms with Crippen LogP contribution < -0.4 is 4.90 Å². The van der Waals surface area contributed by atoms with E-state index < -0.39 is 0 Å². The molecular weight excluding hydrogens is 683 g/mol. The summed E-state index contributed by atoms with van der Waals surface area (Å²) in [7, 11) is 0. The van der Waals surface area contributed by atoms with E-state index in [1.807, 2.05) is 24.3 Å². The first-order valence-electron chi connectivity index (χ1n) is 18.9. The number of hydrogen-bond acceptors (Lipinski definition) is 4. The van der Waals surface area contributed by atoms with Crippen LogP contribution in [0.1, 0.15) is 0 Å². The van der Waals surface area contributed by atoms with Gasteiger partial charge >= 0.3 is 0 Å². The number of hydrogen-bond donors (Lipinski definition) is 0. The van der Waals surface area contributed by atoms with Gasteiger partial charge in [0, 0.05) is 44.2 Å². The summed E-state index contributed by atoms with van der Waals surface area (Å²) in [6.07, 6.45) is 0. The van der Waals surface area contributed by atoms with Crippen LogP contribution >= 0.6 is 0 Å². The molecule has 0 aliphatic carbocycles. The van der Waals surface area contributed by atoms with Crippen LogP contribution in [0.15, 0.2) is 205 Å². The van der Waals surface area contributed by atoms with E-state index in [1.54, 1.807) is 0 Å². The highest BCUT2D eigenvalue weighted by molar-refractivity contribution is 6.19. The van der Waals surface area contributed by atoms with Gasteiger partial charge in [0.15, 0.2) is 0 Å². The molecule has 4 nitrogen and oxygen atoms in total. The fourth-order valence-electron chi connectivity index (χ4n) is 8.20. The predicted octanol–water partition coefficient (Wildman–Crippen LogP) is 14.3. The van der Waals surface area contributed by atoms with E-state index in [9.17, 15) is 0 Å². The molecule has 0 fully saturated rings. The first kappa shape index (κ1) is 31.9. The van der Waals surface area contributed by atoms with Crippen LogP contribution in [0, 0.1) is 0 Å². The standard InChI is InChI=1S/C52H33N3O/c1-4-14-34(15-5-1)41-20-10-12-22-46(41)55(40-28-31-48-44(33-40)43-21-11-13-23-47(43)56-48)39-27-29-42-38(32-39)25-24-35-26-30-45-52(49(35)42)54-51(37-18-8-3-9-19-37)50(53-45)36-16-6-2-7-17-36/h1-33H. The largest absolute Gasteiger partial charge is 0.456 e. The van der Waals surface area contributed by atoms with Crippen LogP contribution in [-0.2, 0) is 0 Å². The zero-order valence-corrected chi connectivity index (χ0v) is 30.3. The Hall–Kier alpha value is -7.56. The van der Waals surface area contributed by atoms with E-state index in [4.69, 9.17) is 14.4 Å². The third-order valence-electron chi connectivity index (χ3n) is 10.8. The second-order valence-corrected chi connectivity index (χ2v) is 14.2. The minimum absolute atomic E-state index is 0.867. The number of aromatic nitrogens is 2. The van der Waals surface area contributed by atoms with Gasteiger partial charge in [-0.2, -0.15) is 0 Å². The lowest BCUT2D eigenvalue weighted by atomic mass is 9.97. The van der Waals surface area contributed by atoms with E-state index in [1.165, 1.54) is 0 Å². The summed E-state index contributed by atoms with van der Waals surface area (Å²) < 4.78 is 6.26. The monoisotopic (exact) mass is 715 g/mol. The van der Waals surface area contributed by atoms with E-state index in [0.717, 1.165) is 105 Å². The highest BCUT2D eigenvalue weighted by Gasteiger charge is 2.21. The first-order chi connectivity index (χ1) is 27.8. The van der Waals surface area contributed by atoms with Gasteiger partial charge in [-0.05, 0) is 70.3 Å². The Kier molecular flexibility index (Phi) is 7.46. The number of para-hydroxylation sites is 2. The number of fused-ring (bicyclic) bond motifs is 8. The molecule has 0 bridgehead atoms. The maximum atomic E-state index is 6.26. The summed E-state index contributed by atoms with van der Waals surface area (Å²) >= 11 is 0. The number of benzene rings is 9. The molecule has 4 heteroatoms. The van der Waals surface area contributed by atoms with Gasteiger partial charge in [0.25, 0.3) is 0 Å². The average Bonchev–Trinajstić information content (AvgIpc) is 3.65. The van der Waals surface area contributed by atoms with Gasteiger partial charge in [0.05, 0.1) is 28.1 Å². The van der Waals surface area contributed by atoms with Crippen LogP contribution in [0.25, 0.3) is 88.2 Å². The molecule has 0 atom stereocenters. The van der Waals surface area contributed by atoms with Crippen LogP contribution in [0.5, 0.6) is 0 Å². The van der Waals surface area contributed by atoms with Crippen LogP contribution in [0.2, 0.25) is 0 Å². The Morgan fingerprint density at radius 1 is 0.393 bits per heavy atom. The number of furan rings is 1. The lowest BCUT2D eigenvalue weighted by Crippen LogP contribution is -2.11. The van der Waals surface area contributed by atoms with Crippen molar-refractivity contribution in [1.29, 1.82) is 0 Å². The highest BCUT2D eigenvalue weighted by Crippen LogP contribution is 2.44. The van der Waals surface area contributed by atoms with E-state index >= 15 is 0 Å².